The van der Waals surface area contributed by atoms with Gasteiger partial charge in [0.25, 0.3) is 10.1 Å². The van der Waals surface area contributed by atoms with Crippen molar-refractivity contribution in [1.82, 2.24) is 0 Å². The van der Waals surface area contributed by atoms with Crippen LogP contribution in [0.5, 0.6) is 0 Å². The maximum Gasteiger partial charge on any atom is 1.00 e. The molecule has 0 aromatic heterocycles. The third-order valence-corrected chi connectivity index (χ3v) is 3.80. The van der Waals surface area contributed by atoms with Crippen LogP contribution >= 0.6 is 0 Å². The Hall–Kier alpha value is -1.25. The molecule has 0 saturated carbocycles. The van der Waals surface area contributed by atoms with Crippen molar-refractivity contribution in [2.75, 3.05) is 5.73 Å². The molecule has 0 aliphatic heterocycles. The van der Waals surface area contributed by atoms with Gasteiger partial charge in [-0.1, -0.05) is 0 Å². The Morgan fingerprint density at radius 3 is 1.91 bits per heavy atom. The normalized spacial score (nSPS) is 11.4. The minimum absolute atomic E-state index is 0. The van der Waals surface area contributed by atoms with Gasteiger partial charge in [-0.2, -0.15) is 18.6 Å². The number of nitrogens with zero attached hydrogens (tertiary/aromatic N) is 2. The van der Waals surface area contributed by atoms with E-state index in [0.717, 1.165) is 5.56 Å². The third-order valence-electron chi connectivity index (χ3n) is 2.95. The van der Waals surface area contributed by atoms with Crippen molar-refractivity contribution in [2.45, 2.75) is 18.7 Å². The van der Waals surface area contributed by atoms with Crippen LogP contribution in [0.15, 0.2) is 51.5 Å². The Kier molecular flexibility index (Phi) is 6.27. The summed E-state index contributed by atoms with van der Waals surface area (Å²) < 4.78 is 31.1. The van der Waals surface area contributed by atoms with Crippen molar-refractivity contribution < 1.29 is 42.5 Å². The second kappa shape index (κ2) is 7.34. The summed E-state index contributed by atoms with van der Waals surface area (Å²) in [5.74, 6) is 0. The Balaban J connectivity index is 0.00000242. The van der Waals surface area contributed by atoms with Gasteiger partial charge >= 0.3 is 29.6 Å². The predicted octanol–water partition coefficient (Wildman–Crippen LogP) is 0.552. The van der Waals surface area contributed by atoms with Gasteiger partial charge in [0.15, 0.2) is 0 Å². The van der Waals surface area contributed by atoms with E-state index in [9.17, 15) is 8.42 Å². The van der Waals surface area contributed by atoms with Crippen molar-refractivity contribution >= 4 is 27.2 Å². The molecule has 0 atom stereocenters. The molecule has 2 aromatic carbocycles. The molecule has 0 fully saturated rings. The molecule has 0 unspecified atom stereocenters. The number of anilines is 1. The van der Waals surface area contributed by atoms with E-state index < -0.39 is 10.1 Å². The minimum atomic E-state index is -4.21. The third kappa shape index (κ3) is 4.62. The topological polar surface area (TPSA) is 105 Å². The van der Waals surface area contributed by atoms with Gasteiger partial charge < -0.3 is 5.73 Å². The van der Waals surface area contributed by atoms with Crippen LogP contribution < -0.4 is 35.3 Å². The second-order valence-electron chi connectivity index (χ2n) is 4.67. The van der Waals surface area contributed by atoms with E-state index in [4.69, 9.17) is 10.3 Å². The number of azo groups is 1. The molecule has 0 radical (unpaired) electrons. The first kappa shape index (κ1) is 18.8. The molecule has 22 heavy (non-hydrogen) atoms. The van der Waals surface area contributed by atoms with Gasteiger partial charge in [0.05, 0.1) is 16.3 Å². The molecule has 2 rings (SSSR count). The number of nitrogens with two attached hydrogens (primary N) is 1. The molecule has 110 valence electrons. The number of hydrogen-bond acceptors (Lipinski definition) is 5. The fourth-order valence-corrected chi connectivity index (χ4v) is 2.36. The van der Waals surface area contributed by atoms with E-state index >= 15 is 0 Å². The quantitative estimate of drug-likeness (QED) is 0.371. The maximum atomic E-state index is 11.0. The summed E-state index contributed by atoms with van der Waals surface area (Å²) in [5.41, 5.74) is 9.02. The maximum absolute atomic E-state index is 11.0. The SMILES string of the molecule is Cc1cc(N)ccc1N=Nc1ccc(S(=O)(=O)O)cc1C.[Na+]. The molecule has 6 nitrogen and oxygen atoms in total. The monoisotopic (exact) mass is 328 g/mol. The summed E-state index contributed by atoms with van der Waals surface area (Å²) in [6, 6.07) is 9.41. The number of hydrogen-bond donors (Lipinski definition) is 2. The molecule has 0 aliphatic carbocycles. The smallest absolute Gasteiger partial charge is 0.399 e. The number of aryl methyl sites for hydroxylation is 2. The van der Waals surface area contributed by atoms with Crippen LogP contribution in [0, 0.1) is 13.8 Å². The van der Waals surface area contributed by atoms with E-state index in [2.05, 4.69) is 10.2 Å². The molecule has 0 spiro atoms. The number of rotatable bonds is 3. The summed E-state index contributed by atoms with van der Waals surface area (Å²) in [6.07, 6.45) is 0. The van der Waals surface area contributed by atoms with Gasteiger partial charge in [0, 0.05) is 5.69 Å². The van der Waals surface area contributed by atoms with Gasteiger partial charge in [-0.05, 0) is 61.4 Å². The van der Waals surface area contributed by atoms with Crippen molar-refractivity contribution in [3.8, 4) is 0 Å². The van der Waals surface area contributed by atoms with Crippen LogP contribution in [0.1, 0.15) is 11.1 Å². The Morgan fingerprint density at radius 1 is 0.955 bits per heavy atom. The summed E-state index contributed by atoms with van der Waals surface area (Å²) in [5, 5.41) is 8.22. The fraction of sp³-hybridized carbons (Fsp3) is 0.143. The zero-order chi connectivity index (χ0) is 15.6. The van der Waals surface area contributed by atoms with E-state index in [1.165, 1.54) is 18.2 Å². The van der Waals surface area contributed by atoms with Crippen LogP contribution in [-0.4, -0.2) is 13.0 Å². The fourth-order valence-electron chi connectivity index (χ4n) is 1.80. The van der Waals surface area contributed by atoms with Crippen molar-refractivity contribution in [1.29, 1.82) is 0 Å². The van der Waals surface area contributed by atoms with Crippen molar-refractivity contribution in [3.63, 3.8) is 0 Å². The van der Waals surface area contributed by atoms with E-state index in [1.54, 1.807) is 25.1 Å². The van der Waals surface area contributed by atoms with E-state index in [-0.39, 0.29) is 34.5 Å². The van der Waals surface area contributed by atoms with Crippen molar-refractivity contribution in [2.24, 2.45) is 10.2 Å². The van der Waals surface area contributed by atoms with Gasteiger partial charge in [0.1, 0.15) is 0 Å². The Morgan fingerprint density at radius 2 is 1.45 bits per heavy atom. The molecule has 0 saturated heterocycles. The first-order valence-electron chi connectivity index (χ1n) is 6.13. The van der Waals surface area contributed by atoms with Gasteiger partial charge in [-0.25, -0.2) is 0 Å². The van der Waals surface area contributed by atoms with Crippen molar-refractivity contribution in [3.05, 3.63) is 47.5 Å². The molecular weight excluding hydrogens is 313 g/mol. The second-order valence-corrected chi connectivity index (χ2v) is 6.09. The van der Waals surface area contributed by atoms with E-state index in [1.807, 2.05) is 6.92 Å². The van der Waals surface area contributed by atoms with Crippen LogP contribution in [0.3, 0.4) is 0 Å². The van der Waals surface area contributed by atoms with Gasteiger partial charge in [-0.3, -0.25) is 4.55 Å². The Bertz CT molecular complexity index is 820. The standard InChI is InChI=1S/C14H15N3O3S.Na/c1-9-7-11(15)3-5-13(9)16-17-14-6-4-12(8-10(14)2)21(18,19)20;/h3-8H,15H2,1-2H3,(H,18,19,20);/q;+1. The largest absolute Gasteiger partial charge is 1.00 e. The zero-order valence-electron chi connectivity index (χ0n) is 12.6. The predicted molar refractivity (Wildman–Crippen MR) is 80.8 cm³/mol. The molecule has 2 aromatic rings. The molecule has 0 bridgehead atoms. The average molecular weight is 328 g/mol. The molecule has 8 heteroatoms. The molecule has 0 heterocycles. The van der Waals surface area contributed by atoms with Crippen LogP contribution in [0.25, 0.3) is 0 Å². The summed E-state index contributed by atoms with van der Waals surface area (Å²) in [4.78, 5) is -0.164. The molecule has 0 amide bonds. The molecule has 3 N–H and O–H groups in total. The minimum Gasteiger partial charge on any atom is -0.399 e. The average Bonchev–Trinajstić information content (AvgIpc) is 2.38. The van der Waals surface area contributed by atoms with E-state index in [0.29, 0.717) is 22.6 Å². The van der Waals surface area contributed by atoms with Gasteiger partial charge in [0.2, 0.25) is 0 Å². The Labute approximate surface area is 151 Å². The number of nitrogen functional groups attached to an aromatic ring is 1. The first-order valence-corrected chi connectivity index (χ1v) is 7.57. The first-order chi connectivity index (χ1) is 9.77. The summed E-state index contributed by atoms with van der Waals surface area (Å²) >= 11 is 0. The summed E-state index contributed by atoms with van der Waals surface area (Å²) in [7, 11) is -4.21. The number of benzene rings is 2. The van der Waals surface area contributed by atoms with Crippen LogP contribution in [-0.2, 0) is 10.1 Å². The zero-order valence-corrected chi connectivity index (χ0v) is 15.4. The summed E-state index contributed by atoms with van der Waals surface area (Å²) in [6.45, 7) is 3.57. The van der Waals surface area contributed by atoms with Gasteiger partial charge in [-0.15, -0.1) is 0 Å². The van der Waals surface area contributed by atoms with Crippen LogP contribution in [0.2, 0.25) is 0 Å². The van der Waals surface area contributed by atoms with Crippen LogP contribution in [0.4, 0.5) is 17.1 Å². The molecule has 0 aliphatic rings. The molecular formula is C14H15N3NaO3S+.